The molecular weight excluding hydrogens is 196 g/mol. The van der Waals surface area contributed by atoms with E-state index in [4.69, 9.17) is 5.11 Å². The summed E-state index contributed by atoms with van der Waals surface area (Å²) >= 11 is 0. The molecule has 1 aromatic heterocycles. The van der Waals surface area contributed by atoms with Crippen molar-refractivity contribution in [1.82, 2.24) is 9.55 Å². The fourth-order valence-electron chi connectivity index (χ4n) is 1.95. The van der Waals surface area contributed by atoms with Crippen LogP contribution in [0.5, 0.6) is 0 Å². The molecule has 0 saturated carbocycles. The minimum absolute atomic E-state index is 0.150. The highest BCUT2D eigenvalue weighted by Crippen LogP contribution is 2.24. The first-order valence-corrected chi connectivity index (χ1v) is 4.91. The second kappa shape index (κ2) is 3.49. The SMILES string of the molecule is Cc1cc(=O)n2c(n1)C(C(=O)O)CCC2. The zero-order valence-corrected chi connectivity index (χ0v) is 8.43. The van der Waals surface area contributed by atoms with E-state index in [1.165, 1.54) is 10.6 Å². The van der Waals surface area contributed by atoms with E-state index in [0.29, 0.717) is 30.9 Å². The Hall–Kier alpha value is -1.65. The standard InChI is InChI=1S/C10H12N2O3/c1-6-5-8(13)12-4-2-3-7(10(14)15)9(12)11-6/h5,7H,2-4H2,1H3,(H,14,15). The number of nitrogens with zero attached hydrogens (tertiary/aromatic N) is 2. The minimum atomic E-state index is -0.902. The van der Waals surface area contributed by atoms with Gasteiger partial charge < -0.3 is 5.11 Å². The third kappa shape index (κ3) is 1.65. The van der Waals surface area contributed by atoms with E-state index >= 15 is 0 Å². The number of carboxylic acid groups (broad SMARTS) is 1. The zero-order chi connectivity index (χ0) is 11.0. The van der Waals surface area contributed by atoms with Crippen molar-refractivity contribution in [2.24, 2.45) is 0 Å². The Labute approximate surface area is 86.4 Å². The van der Waals surface area contributed by atoms with Crippen molar-refractivity contribution in [2.75, 3.05) is 0 Å². The second-order valence-electron chi connectivity index (χ2n) is 3.78. The average Bonchev–Trinajstić information content (AvgIpc) is 2.16. The molecule has 1 aliphatic heterocycles. The summed E-state index contributed by atoms with van der Waals surface area (Å²) in [4.78, 5) is 26.7. The van der Waals surface area contributed by atoms with E-state index in [-0.39, 0.29) is 5.56 Å². The number of aliphatic carboxylic acids is 1. The topological polar surface area (TPSA) is 72.2 Å². The first-order chi connectivity index (χ1) is 7.09. The van der Waals surface area contributed by atoms with Gasteiger partial charge in [-0.3, -0.25) is 14.2 Å². The molecule has 0 fully saturated rings. The largest absolute Gasteiger partial charge is 0.481 e. The van der Waals surface area contributed by atoms with Gasteiger partial charge in [-0.15, -0.1) is 0 Å². The molecule has 1 atom stereocenters. The van der Waals surface area contributed by atoms with Crippen LogP contribution in [0.3, 0.4) is 0 Å². The molecule has 5 heteroatoms. The lowest BCUT2D eigenvalue weighted by Crippen LogP contribution is -2.33. The van der Waals surface area contributed by atoms with Crippen molar-refractivity contribution < 1.29 is 9.90 Å². The smallest absolute Gasteiger partial charge is 0.314 e. The number of rotatable bonds is 1. The normalized spacial score (nSPS) is 19.7. The summed E-state index contributed by atoms with van der Waals surface area (Å²) in [6.07, 6.45) is 1.28. The number of hydrogen-bond donors (Lipinski definition) is 1. The summed E-state index contributed by atoms with van der Waals surface area (Å²) in [5.74, 6) is -1.13. The van der Waals surface area contributed by atoms with Gasteiger partial charge in [0.05, 0.1) is 0 Å². The number of hydrogen-bond acceptors (Lipinski definition) is 3. The lowest BCUT2D eigenvalue weighted by atomic mass is 9.98. The quantitative estimate of drug-likeness (QED) is 0.730. The van der Waals surface area contributed by atoms with Crippen LogP contribution in [0.15, 0.2) is 10.9 Å². The molecule has 0 aromatic carbocycles. The lowest BCUT2D eigenvalue weighted by molar-refractivity contribution is -0.139. The molecule has 0 aliphatic carbocycles. The van der Waals surface area contributed by atoms with Crippen LogP contribution in [-0.4, -0.2) is 20.6 Å². The van der Waals surface area contributed by atoms with Crippen molar-refractivity contribution in [3.63, 3.8) is 0 Å². The summed E-state index contributed by atoms with van der Waals surface area (Å²) in [7, 11) is 0. The van der Waals surface area contributed by atoms with Crippen molar-refractivity contribution in [1.29, 1.82) is 0 Å². The van der Waals surface area contributed by atoms with Crippen LogP contribution in [-0.2, 0) is 11.3 Å². The van der Waals surface area contributed by atoms with Gasteiger partial charge in [0.2, 0.25) is 0 Å². The Bertz CT molecular complexity index is 464. The Kier molecular flexibility index (Phi) is 2.30. The Balaban J connectivity index is 2.60. The van der Waals surface area contributed by atoms with Gasteiger partial charge >= 0.3 is 5.97 Å². The highest BCUT2D eigenvalue weighted by molar-refractivity contribution is 5.75. The molecule has 0 saturated heterocycles. The molecule has 1 aromatic rings. The Morgan fingerprint density at radius 2 is 2.40 bits per heavy atom. The van der Waals surface area contributed by atoms with Gasteiger partial charge in [-0.1, -0.05) is 0 Å². The molecule has 2 heterocycles. The van der Waals surface area contributed by atoms with Crippen LogP contribution < -0.4 is 5.56 Å². The first kappa shape index (κ1) is 9.89. The molecule has 2 rings (SSSR count). The maximum atomic E-state index is 11.6. The number of aryl methyl sites for hydroxylation is 1. The van der Waals surface area contributed by atoms with E-state index in [2.05, 4.69) is 4.98 Å². The molecule has 0 bridgehead atoms. The predicted octanol–water partition coefficient (Wildman–Crippen LogP) is 0.514. The van der Waals surface area contributed by atoms with E-state index in [1.54, 1.807) is 6.92 Å². The van der Waals surface area contributed by atoms with Gasteiger partial charge in [0.25, 0.3) is 5.56 Å². The van der Waals surface area contributed by atoms with Crippen LogP contribution in [0, 0.1) is 6.92 Å². The predicted molar refractivity (Wildman–Crippen MR) is 52.8 cm³/mol. The highest BCUT2D eigenvalue weighted by atomic mass is 16.4. The first-order valence-electron chi connectivity index (χ1n) is 4.91. The fraction of sp³-hybridized carbons (Fsp3) is 0.500. The highest BCUT2D eigenvalue weighted by Gasteiger charge is 2.28. The summed E-state index contributed by atoms with van der Waals surface area (Å²) in [5, 5.41) is 9.01. The van der Waals surface area contributed by atoms with Gasteiger partial charge in [0, 0.05) is 18.3 Å². The van der Waals surface area contributed by atoms with Gasteiger partial charge in [0.15, 0.2) is 0 Å². The van der Waals surface area contributed by atoms with Crippen molar-refractivity contribution in [3.8, 4) is 0 Å². The molecule has 0 radical (unpaired) electrons. The van der Waals surface area contributed by atoms with Gasteiger partial charge in [-0.05, 0) is 19.8 Å². The second-order valence-corrected chi connectivity index (χ2v) is 3.78. The summed E-state index contributed by atoms with van der Waals surface area (Å²) < 4.78 is 1.47. The van der Waals surface area contributed by atoms with Crippen LogP contribution >= 0.6 is 0 Å². The van der Waals surface area contributed by atoms with E-state index in [9.17, 15) is 9.59 Å². The maximum absolute atomic E-state index is 11.6. The van der Waals surface area contributed by atoms with Gasteiger partial charge in [0.1, 0.15) is 11.7 Å². The van der Waals surface area contributed by atoms with E-state index in [1.807, 2.05) is 0 Å². The molecule has 1 aliphatic rings. The van der Waals surface area contributed by atoms with Crippen LogP contribution in [0.25, 0.3) is 0 Å². The third-order valence-corrected chi connectivity index (χ3v) is 2.65. The van der Waals surface area contributed by atoms with Gasteiger partial charge in [-0.2, -0.15) is 0 Å². The molecule has 80 valence electrons. The summed E-state index contributed by atoms with van der Waals surface area (Å²) in [6.45, 7) is 2.28. The van der Waals surface area contributed by atoms with Crippen LogP contribution in [0.2, 0.25) is 0 Å². The monoisotopic (exact) mass is 208 g/mol. The molecule has 0 amide bonds. The number of carbonyl (C=O) groups is 1. The molecule has 1 unspecified atom stereocenters. The number of carboxylic acids is 1. The van der Waals surface area contributed by atoms with Crippen molar-refractivity contribution in [3.05, 3.63) is 27.9 Å². The fourth-order valence-corrected chi connectivity index (χ4v) is 1.95. The van der Waals surface area contributed by atoms with Crippen LogP contribution in [0.1, 0.15) is 30.3 Å². The summed E-state index contributed by atoms with van der Waals surface area (Å²) in [5.41, 5.74) is 0.433. The van der Waals surface area contributed by atoms with E-state index in [0.717, 1.165) is 0 Å². The molecule has 1 N–H and O–H groups in total. The zero-order valence-electron chi connectivity index (χ0n) is 8.43. The van der Waals surface area contributed by atoms with Crippen molar-refractivity contribution >= 4 is 5.97 Å². The number of fused-ring (bicyclic) bond motifs is 1. The molecular formula is C10H12N2O3. The van der Waals surface area contributed by atoms with Gasteiger partial charge in [-0.25, -0.2) is 4.98 Å². The number of aromatic nitrogens is 2. The van der Waals surface area contributed by atoms with Crippen molar-refractivity contribution in [2.45, 2.75) is 32.2 Å². The van der Waals surface area contributed by atoms with Crippen LogP contribution in [0.4, 0.5) is 0 Å². The maximum Gasteiger partial charge on any atom is 0.314 e. The average molecular weight is 208 g/mol. The summed E-state index contributed by atoms with van der Waals surface area (Å²) in [6, 6.07) is 1.44. The molecule has 15 heavy (non-hydrogen) atoms. The Morgan fingerprint density at radius 3 is 3.07 bits per heavy atom. The molecule has 5 nitrogen and oxygen atoms in total. The minimum Gasteiger partial charge on any atom is -0.481 e. The molecule has 0 spiro atoms. The lowest BCUT2D eigenvalue weighted by Gasteiger charge is -2.22. The third-order valence-electron chi connectivity index (χ3n) is 2.65. The Morgan fingerprint density at radius 1 is 1.67 bits per heavy atom. The van der Waals surface area contributed by atoms with E-state index < -0.39 is 11.9 Å².